The van der Waals surface area contributed by atoms with Gasteiger partial charge in [-0.1, -0.05) is 15.9 Å². The van der Waals surface area contributed by atoms with E-state index in [0.29, 0.717) is 15.9 Å². The second kappa shape index (κ2) is 5.66. The topological polar surface area (TPSA) is 44.1 Å². The monoisotopic (exact) mass is 327 g/mol. The van der Waals surface area contributed by atoms with E-state index < -0.39 is 0 Å². The lowest BCUT2D eigenvalue weighted by Gasteiger charge is -2.07. The fourth-order valence-corrected chi connectivity index (χ4v) is 2.67. The highest BCUT2D eigenvalue weighted by atomic mass is 75.9. The van der Waals surface area contributed by atoms with E-state index in [4.69, 9.17) is 5.41 Å². The molecule has 0 spiro atoms. The number of hydrogen-bond donors (Lipinski definition) is 2. The van der Waals surface area contributed by atoms with Crippen molar-refractivity contribution in [2.24, 2.45) is 0 Å². The Hall–Kier alpha value is -0.350. The fraction of sp³-hybridized carbons (Fsp3) is 0.364. The fourth-order valence-electron chi connectivity index (χ4n) is 1.35. The Morgan fingerprint density at radius 3 is 2.67 bits per heavy atom. The van der Waals surface area contributed by atoms with Crippen molar-refractivity contribution >= 4 is 37.6 Å². The minimum Gasteiger partial charge on any atom is -0.506 e. The standard InChI is InChI=1S/C11H13Br2NO/c1-7(14)3-2-4-8-5-9(12)6-10(13)11(8)15/h5-6,14-15H,2-4H2,1H3/i12-4,13-4. The van der Waals surface area contributed by atoms with Gasteiger partial charge in [0.05, 0.1) is 4.47 Å². The summed E-state index contributed by atoms with van der Waals surface area (Å²) in [6, 6.07) is 3.74. The highest BCUT2D eigenvalue weighted by Crippen LogP contribution is 2.32. The first-order chi connectivity index (χ1) is 7.00. The molecule has 0 aliphatic rings. The van der Waals surface area contributed by atoms with Crippen molar-refractivity contribution in [3.8, 4) is 5.75 Å². The van der Waals surface area contributed by atoms with E-state index in [-0.39, 0.29) is 0 Å². The molecule has 0 aliphatic heterocycles. The number of halogens is 2. The number of nitrogens with one attached hydrogen (secondary N) is 1. The Morgan fingerprint density at radius 2 is 2.07 bits per heavy atom. The summed E-state index contributed by atoms with van der Waals surface area (Å²) in [6.07, 6.45) is 2.47. The van der Waals surface area contributed by atoms with E-state index in [1.807, 2.05) is 12.1 Å². The molecule has 82 valence electrons. The summed E-state index contributed by atoms with van der Waals surface area (Å²) in [5, 5.41) is 17.1. The van der Waals surface area contributed by atoms with Gasteiger partial charge >= 0.3 is 0 Å². The van der Waals surface area contributed by atoms with E-state index in [9.17, 15) is 5.11 Å². The van der Waals surface area contributed by atoms with E-state index in [1.165, 1.54) is 0 Å². The largest absolute Gasteiger partial charge is 0.506 e. The van der Waals surface area contributed by atoms with Crippen LogP contribution in [-0.4, -0.2) is 10.8 Å². The predicted octanol–water partition coefficient (Wildman–Crippen LogP) is 4.28. The van der Waals surface area contributed by atoms with Crippen LogP contribution in [0.5, 0.6) is 5.75 Å². The van der Waals surface area contributed by atoms with Gasteiger partial charge in [-0.2, -0.15) is 0 Å². The lowest BCUT2D eigenvalue weighted by Crippen LogP contribution is -1.92. The van der Waals surface area contributed by atoms with Crippen LogP contribution in [0.4, 0.5) is 0 Å². The van der Waals surface area contributed by atoms with Gasteiger partial charge in [0.25, 0.3) is 0 Å². The molecule has 1 rings (SSSR count). The smallest absolute Gasteiger partial charge is 0.133 e. The number of hydrogen-bond acceptors (Lipinski definition) is 2. The lowest BCUT2D eigenvalue weighted by atomic mass is 10.1. The van der Waals surface area contributed by atoms with Gasteiger partial charge in [0.2, 0.25) is 0 Å². The summed E-state index contributed by atoms with van der Waals surface area (Å²) >= 11 is 6.68. The van der Waals surface area contributed by atoms with Crippen molar-refractivity contribution in [2.75, 3.05) is 0 Å². The van der Waals surface area contributed by atoms with Gasteiger partial charge in [-0.25, -0.2) is 0 Å². The van der Waals surface area contributed by atoms with Gasteiger partial charge in [0.1, 0.15) is 5.75 Å². The molecular formula is C11H13Br2NO. The number of benzene rings is 1. The Kier molecular flexibility index (Phi) is 4.80. The van der Waals surface area contributed by atoms with Crippen LogP contribution in [0.2, 0.25) is 0 Å². The van der Waals surface area contributed by atoms with Crippen LogP contribution in [0.25, 0.3) is 0 Å². The normalized spacial score (nSPS) is 10.3. The minimum absolute atomic E-state index is 0.306. The molecule has 1 aromatic carbocycles. The van der Waals surface area contributed by atoms with Crippen LogP contribution in [0.15, 0.2) is 21.1 Å². The van der Waals surface area contributed by atoms with Crippen LogP contribution in [0.1, 0.15) is 25.3 Å². The molecule has 0 bridgehead atoms. The van der Waals surface area contributed by atoms with E-state index >= 15 is 0 Å². The Balaban J connectivity index is 2.72. The maximum absolute atomic E-state index is 9.77. The number of phenolic OH excluding ortho intramolecular Hbond substituents is 1. The van der Waals surface area contributed by atoms with Crippen LogP contribution in [0.3, 0.4) is 0 Å². The van der Waals surface area contributed by atoms with Crippen molar-refractivity contribution in [3.63, 3.8) is 0 Å². The van der Waals surface area contributed by atoms with Crippen LogP contribution in [0, 0.1) is 5.41 Å². The van der Waals surface area contributed by atoms with Crippen molar-refractivity contribution in [1.29, 1.82) is 5.41 Å². The first-order valence-corrected chi connectivity index (χ1v) is 6.30. The van der Waals surface area contributed by atoms with Gasteiger partial charge in [-0.15, -0.1) is 0 Å². The summed E-state index contributed by atoms with van der Waals surface area (Å²) in [7, 11) is 0. The number of rotatable bonds is 4. The highest BCUT2D eigenvalue weighted by Gasteiger charge is 2.07. The maximum atomic E-state index is 9.77. The lowest BCUT2D eigenvalue weighted by molar-refractivity contribution is 0.463. The van der Waals surface area contributed by atoms with Crippen molar-refractivity contribution in [3.05, 3.63) is 26.6 Å². The second-order valence-corrected chi connectivity index (χ2v) is 5.30. The summed E-state index contributed by atoms with van der Waals surface area (Å²) in [6.45, 7) is 1.80. The van der Waals surface area contributed by atoms with Crippen LogP contribution in [-0.2, 0) is 6.42 Å². The maximum Gasteiger partial charge on any atom is 0.133 e. The van der Waals surface area contributed by atoms with Gasteiger partial charge in [-0.3, -0.25) is 0 Å². The number of phenols is 1. The third-order valence-electron chi connectivity index (χ3n) is 2.11. The molecule has 1 aromatic rings. The summed E-state index contributed by atoms with van der Waals surface area (Å²) < 4.78 is 1.66. The predicted molar refractivity (Wildman–Crippen MR) is 69.8 cm³/mol. The SMILES string of the molecule is CC(=N)CCCc1cc([76Br])cc([76Br])c1O. The quantitative estimate of drug-likeness (QED) is 0.797. The van der Waals surface area contributed by atoms with Gasteiger partial charge in [0, 0.05) is 10.2 Å². The zero-order valence-electron chi connectivity index (χ0n) is 8.48. The third-order valence-corrected chi connectivity index (χ3v) is 3.17. The third kappa shape index (κ3) is 3.95. The summed E-state index contributed by atoms with van der Waals surface area (Å²) in [5.41, 5.74) is 1.60. The molecule has 0 unspecified atom stereocenters. The van der Waals surface area contributed by atoms with E-state index in [0.717, 1.165) is 29.3 Å². The van der Waals surface area contributed by atoms with E-state index in [2.05, 4.69) is 31.9 Å². The van der Waals surface area contributed by atoms with Gasteiger partial charge in [-0.05, 0) is 59.8 Å². The average molecular weight is 327 g/mol. The van der Waals surface area contributed by atoms with E-state index in [1.54, 1.807) is 6.92 Å². The van der Waals surface area contributed by atoms with Crippen molar-refractivity contribution < 1.29 is 5.11 Å². The molecule has 0 fully saturated rings. The second-order valence-electron chi connectivity index (χ2n) is 3.53. The molecule has 2 N–H and O–H groups in total. The first kappa shape index (κ1) is 12.7. The zero-order chi connectivity index (χ0) is 11.4. The highest BCUT2D eigenvalue weighted by molar-refractivity contribution is 9.11. The molecule has 0 atom stereocenters. The average Bonchev–Trinajstić information content (AvgIpc) is 2.12. The van der Waals surface area contributed by atoms with Crippen LogP contribution < -0.4 is 0 Å². The molecule has 0 saturated heterocycles. The molecule has 4 heteroatoms. The molecule has 0 aromatic heterocycles. The van der Waals surface area contributed by atoms with Crippen molar-refractivity contribution in [1.82, 2.24) is 0 Å². The Labute approximate surface area is 106 Å². The molecule has 0 radical (unpaired) electrons. The minimum atomic E-state index is 0.306. The molecule has 0 heterocycles. The molecule has 0 saturated carbocycles. The van der Waals surface area contributed by atoms with Gasteiger partial charge < -0.3 is 10.5 Å². The summed E-state index contributed by atoms with van der Waals surface area (Å²) in [5.74, 6) is 0.306. The Morgan fingerprint density at radius 1 is 1.40 bits per heavy atom. The molecule has 0 amide bonds. The molecule has 2 nitrogen and oxygen atoms in total. The zero-order valence-corrected chi connectivity index (χ0v) is 11.7. The number of aryl methyl sites for hydroxylation is 1. The molecule has 15 heavy (non-hydrogen) atoms. The Bertz CT molecular complexity index is 377. The molecule has 0 aliphatic carbocycles. The summed E-state index contributed by atoms with van der Waals surface area (Å²) in [4.78, 5) is 0. The number of aromatic hydroxyl groups is 1. The van der Waals surface area contributed by atoms with Gasteiger partial charge in [0.15, 0.2) is 0 Å². The first-order valence-electron chi connectivity index (χ1n) is 4.71. The molecular weight excluding hydrogens is 314 g/mol. The van der Waals surface area contributed by atoms with Crippen LogP contribution >= 0.6 is 31.9 Å². The van der Waals surface area contributed by atoms with Crippen molar-refractivity contribution in [2.45, 2.75) is 26.2 Å².